The molecule has 0 spiro atoms. The van der Waals surface area contributed by atoms with Crippen molar-refractivity contribution in [3.63, 3.8) is 0 Å². The molecule has 0 aliphatic carbocycles. The summed E-state index contributed by atoms with van der Waals surface area (Å²) in [6, 6.07) is 16.0. The molecule has 4 rings (SSSR count). The summed E-state index contributed by atoms with van der Waals surface area (Å²) in [6.07, 6.45) is 1.47. The summed E-state index contributed by atoms with van der Waals surface area (Å²) >= 11 is 0. The summed E-state index contributed by atoms with van der Waals surface area (Å²) in [4.78, 5) is 42.4. The monoisotopic (exact) mass is 416 g/mol. The van der Waals surface area contributed by atoms with Crippen LogP contribution < -0.4 is 0 Å². The van der Waals surface area contributed by atoms with Gasteiger partial charge in [0.2, 0.25) is 0 Å². The molecule has 1 fully saturated rings. The molecule has 158 valence electrons. The molecule has 0 unspecified atom stereocenters. The maximum Gasteiger partial charge on any atom is 0.289 e. The minimum absolute atomic E-state index is 0.156. The highest BCUT2D eigenvalue weighted by molar-refractivity contribution is 6.16. The number of benzene rings is 2. The van der Waals surface area contributed by atoms with E-state index < -0.39 is 0 Å². The number of amides is 2. The number of rotatable bonds is 4. The van der Waals surface area contributed by atoms with E-state index >= 15 is 0 Å². The van der Waals surface area contributed by atoms with Gasteiger partial charge in [-0.2, -0.15) is 0 Å². The molecule has 0 bridgehead atoms. The fourth-order valence-electron chi connectivity index (χ4n) is 3.83. The Labute approximate surface area is 181 Å². The zero-order valence-corrected chi connectivity index (χ0v) is 17.6. The molecule has 1 saturated heterocycles. The molecule has 0 radical (unpaired) electrons. The first-order chi connectivity index (χ1) is 15.0. The molecule has 31 heavy (non-hydrogen) atoms. The highest BCUT2D eigenvalue weighted by atomic mass is 16.3. The van der Waals surface area contributed by atoms with E-state index in [9.17, 15) is 14.4 Å². The van der Waals surface area contributed by atoms with Gasteiger partial charge < -0.3 is 14.2 Å². The maximum atomic E-state index is 13.3. The quantitative estimate of drug-likeness (QED) is 0.608. The largest absolute Gasteiger partial charge is 0.459 e. The van der Waals surface area contributed by atoms with Gasteiger partial charge in [-0.3, -0.25) is 14.4 Å². The molecule has 1 aliphatic rings. The third-order valence-corrected chi connectivity index (χ3v) is 5.63. The van der Waals surface area contributed by atoms with Gasteiger partial charge in [0.1, 0.15) is 0 Å². The van der Waals surface area contributed by atoms with Crippen LogP contribution in [0.25, 0.3) is 0 Å². The number of carbonyl (C=O) groups is 3. The van der Waals surface area contributed by atoms with Gasteiger partial charge in [-0.05, 0) is 43.7 Å². The van der Waals surface area contributed by atoms with E-state index in [1.165, 1.54) is 6.26 Å². The van der Waals surface area contributed by atoms with Crippen LogP contribution in [-0.2, 0) is 0 Å². The van der Waals surface area contributed by atoms with Crippen molar-refractivity contribution in [2.75, 3.05) is 26.2 Å². The van der Waals surface area contributed by atoms with Gasteiger partial charge in [0.15, 0.2) is 11.5 Å². The Kier molecular flexibility index (Phi) is 5.71. The first-order valence-electron chi connectivity index (χ1n) is 10.3. The average molecular weight is 416 g/mol. The van der Waals surface area contributed by atoms with Gasteiger partial charge in [0, 0.05) is 37.3 Å². The van der Waals surface area contributed by atoms with E-state index in [-0.39, 0.29) is 17.6 Å². The van der Waals surface area contributed by atoms with Crippen molar-refractivity contribution in [1.29, 1.82) is 0 Å². The molecule has 3 aromatic rings. The van der Waals surface area contributed by atoms with Crippen LogP contribution in [0.3, 0.4) is 0 Å². The standard InChI is InChI=1S/C25H24N2O4/c1-17-9-10-18(2)21(16-17)23(28)19-6-3-4-7-20(19)24(29)26-11-13-27(14-12-26)25(30)22-8-5-15-31-22/h3-10,15-16H,11-14H2,1-2H3. The highest BCUT2D eigenvalue weighted by Gasteiger charge is 2.28. The molecule has 0 atom stereocenters. The summed E-state index contributed by atoms with van der Waals surface area (Å²) in [5, 5.41) is 0. The SMILES string of the molecule is Cc1ccc(C)c(C(=O)c2ccccc2C(=O)N2CCN(C(=O)c3ccco3)CC2)c1. The zero-order valence-electron chi connectivity index (χ0n) is 17.6. The average Bonchev–Trinajstić information content (AvgIpc) is 3.34. The summed E-state index contributed by atoms with van der Waals surface area (Å²) in [7, 11) is 0. The lowest BCUT2D eigenvalue weighted by Gasteiger charge is -2.34. The number of carbonyl (C=O) groups excluding carboxylic acids is 3. The van der Waals surface area contributed by atoms with E-state index in [2.05, 4.69) is 0 Å². The van der Waals surface area contributed by atoms with Crippen LogP contribution in [0.15, 0.2) is 65.3 Å². The lowest BCUT2D eigenvalue weighted by Crippen LogP contribution is -2.50. The molecule has 2 aromatic carbocycles. The number of ketones is 1. The fraction of sp³-hybridized carbons (Fsp3) is 0.240. The van der Waals surface area contributed by atoms with Crippen molar-refractivity contribution < 1.29 is 18.8 Å². The van der Waals surface area contributed by atoms with E-state index in [0.717, 1.165) is 11.1 Å². The Morgan fingerprint density at radius 3 is 2.03 bits per heavy atom. The second-order valence-corrected chi connectivity index (χ2v) is 7.75. The topological polar surface area (TPSA) is 70.8 Å². The number of aryl methyl sites for hydroxylation is 2. The summed E-state index contributed by atoms with van der Waals surface area (Å²) in [5.41, 5.74) is 3.27. The van der Waals surface area contributed by atoms with E-state index in [1.54, 1.807) is 46.2 Å². The lowest BCUT2D eigenvalue weighted by molar-refractivity contribution is 0.0517. The number of hydrogen-bond acceptors (Lipinski definition) is 4. The summed E-state index contributed by atoms with van der Waals surface area (Å²) in [5.74, 6) is -0.233. The van der Waals surface area contributed by atoms with Crippen molar-refractivity contribution in [2.24, 2.45) is 0 Å². The first kappa shape index (κ1) is 20.6. The van der Waals surface area contributed by atoms with Crippen LogP contribution in [0.4, 0.5) is 0 Å². The maximum absolute atomic E-state index is 13.3. The number of nitrogens with zero attached hydrogens (tertiary/aromatic N) is 2. The molecule has 2 amide bonds. The second kappa shape index (κ2) is 8.60. The van der Waals surface area contributed by atoms with Gasteiger partial charge in [0.05, 0.1) is 11.8 Å². The van der Waals surface area contributed by atoms with Crippen molar-refractivity contribution in [3.05, 3.63) is 94.4 Å². The van der Waals surface area contributed by atoms with Crippen LogP contribution in [0.1, 0.15) is 48.0 Å². The number of furan rings is 1. The predicted octanol–water partition coefficient (Wildman–Crippen LogP) is 3.73. The van der Waals surface area contributed by atoms with Crippen molar-refractivity contribution >= 4 is 17.6 Å². The van der Waals surface area contributed by atoms with E-state index in [4.69, 9.17) is 4.42 Å². The number of piperazine rings is 1. The van der Waals surface area contributed by atoms with Crippen molar-refractivity contribution in [2.45, 2.75) is 13.8 Å². The minimum Gasteiger partial charge on any atom is -0.459 e. The fourth-order valence-corrected chi connectivity index (χ4v) is 3.83. The third-order valence-electron chi connectivity index (χ3n) is 5.63. The Hall–Kier alpha value is -3.67. The zero-order chi connectivity index (χ0) is 22.0. The second-order valence-electron chi connectivity index (χ2n) is 7.75. The van der Waals surface area contributed by atoms with Crippen LogP contribution in [-0.4, -0.2) is 53.6 Å². The Balaban J connectivity index is 1.52. The van der Waals surface area contributed by atoms with Crippen LogP contribution >= 0.6 is 0 Å². The molecule has 0 N–H and O–H groups in total. The lowest BCUT2D eigenvalue weighted by atomic mass is 9.94. The Morgan fingerprint density at radius 2 is 1.39 bits per heavy atom. The van der Waals surface area contributed by atoms with Gasteiger partial charge in [-0.25, -0.2) is 0 Å². The van der Waals surface area contributed by atoms with Crippen LogP contribution in [0.5, 0.6) is 0 Å². The van der Waals surface area contributed by atoms with E-state index in [1.807, 2.05) is 32.0 Å². The molecule has 6 nitrogen and oxygen atoms in total. The Morgan fingerprint density at radius 1 is 0.742 bits per heavy atom. The van der Waals surface area contributed by atoms with Gasteiger partial charge in [-0.15, -0.1) is 0 Å². The molecule has 6 heteroatoms. The van der Waals surface area contributed by atoms with Crippen molar-refractivity contribution in [1.82, 2.24) is 9.80 Å². The van der Waals surface area contributed by atoms with Gasteiger partial charge in [-0.1, -0.05) is 35.9 Å². The van der Waals surface area contributed by atoms with Gasteiger partial charge >= 0.3 is 0 Å². The third kappa shape index (κ3) is 4.14. The molecule has 0 saturated carbocycles. The normalized spacial score (nSPS) is 13.9. The molecule has 1 aliphatic heterocycles. The smallest absolute Gasteiger partial charge is 0.289 e. The molecular weight excluding hydrogens is 392 g/mol. The highest BCUT2D eigenvalue weighted by Crippen LogP contribution is 2.21. The predicted molar refractivity (Wildman–Crippen MR) is 116 cm³/mol. The molecule has 1 aromatic heterocycles. The number of hydrogen-bond donors (Lipinski definition) is 0. The minimum atomic E-state index is -0.195. The summed E-state index contributed by atoms with van der Waals surface area (Å²) < 4.78 is 5.19. The molecular formula is C25H24N2O4. The molecule has 2 heterocycles. The van der Waals surface area contributed by atoms with Gasteiger partial charge in [0.25, 0.3) is 11.8 Å². The van der Waals surface area contributed by atoms with Crippen LogP contribution in [0.2, 0.25) is 0 Å². The summed E-state index contributed by atoms with van der Waals surface area (Å²) in [6.45, 7) is 5.47. The van der Waals surface area contributed by atoms with E-state index in [0.29, 0.717) is 48.6 Å². The van der Waals surface area contributed by atoms with Crippen LogP contribution in [0, 0.1) is 13.8 Å². The Bertz CT molecular complexity index is 1130. The van der Waals surface area contributed by atoms with Crippen molar-refractivity contribution in [3.8, 4) is 0 Å². The first-order valence-corrected chi connectivity index (χ1v) is 10.3.